The molecule has 1 saturated carbocycles. The van der Waals surface area contributed by atoms with Gasteiger partial charge in [-0.25, -0.2) is 0 Å². The molecule has 1 rings (SSSR count). The van der Waals surface area contributed by atoms with Crippen molar-refractivity contribution in [3.63, 3.8) is 0 Å². The highest BCUT2D eigenvalue weighted by molar-refractivity contribution is 7.54. The van der Waals surface area contributed by atoms with E-state index in [-0.39, 0.29) is 11.4 Å². The maximum atomic E-state index is 12.5. The first-order valence-electron chi connectivity index (χ1n) is 6.03. The molecule has 0 saturated heterocycles. The molecule has 16 heavy (non-hydrogen) atoms. The summed E-state index contributed by atoms with van der Waals surface area (Å²) in [6.07, 6.45) is 3.54. The van der Waals surface area contributed by atoms with Crippen molar-refractivity contribution in [2.24, 2.45) is 0 Å². The zero-order valence-corrected chi connectivity index (χ0v) is 11.0. The molecule has 4 nitrogen and oxygen atoms in total. The van der Waals surface area contributed by atoms with E-state index in [1.165, 1.54) is 0 Å². The average Bonchev–Trinajstić information content (AvgIpc) is 2.44. The zero-order chi connectivity index (χ0) is 12.0. The number of rotatable bonds is 5. The van der Waals surface area contributed by atoms with Gasteiger partial charge in [0.25, 0.3) is 0 Å². The monoisotopic (exact) mass is 248 g/mol. The Hall–Kier alpha value is -0.180. The SMILES string of the molecule is CCOP(=O)(OCC)C1CCCCC(=O)C1. The van der Waals surface area contributed by atoms with E-state index in [9.17, 15) is 9.36 Å². The molecule has 0 aromatic carbocycles. The highest BCUT2D eigenvalue weighted by Crippen LogP contribution is 2.56. The van der Waals surface area contributed by atoms with Gasteiger partial charge in [-0.2, -0.15) is 0 Å². The van der Waals surface area contributed by atoms with Crippen LogP contribution in [-0.2, 0) is 18.4 Å². The first-order valence-corrected chi connectivity index (χ1v) is 7.64. The number of carbonyl (C=O) groups excluding carboxylic acids is 1. The molecular formula is C11H21O4P. The van der Waals surface area contributed by atoms with Crippen molar-refractivity contribution in [2.75, 3.05) is 13.2 Å². The van der Waals surface area contributed by atoms with Gasteiger partial charge in [0.05, 0.1) is 18.9 Å². The second-order valence-corrected chi connectivity index (χ2v) is 6.34. The van der Waals surface area contributed by atoms with E-state index in [2.05, 4.69) is 0 Å². The fraction of sp³-hybridized carbons (Fsp3) is 0.909. The minimum Gasteiger partial charge on any atom is -0.309 e. The van der Waals surface area contributed by atoms with Crippen LogP contribution in [0.4, 0.5) is 0 Å². The lowest BCUT2D eigenvalue weighted by atomic mass is 10.2. The predicted octanol–water partition coefficient (Wildman–Crippen LogP) is 3.15. The normalized spacial score (nSPS) is 23.1. The van der Waals surface area contributed by atoms with E-state index < -0.39 is 7.60 Å². The lowest BCUT2D eigenvalue weighted by Gasteiger charge is -2.24. The quantitative estimate of drug-likeness (QED) is 0.554. The third-order valence-electron chi connectivity index (χ3n) is 2.77. The Morgan fingerprint density at radius 1 is 1.25 bits per heavy atom. The summed E-state index contributed by atoms with van der Waals surface area (Å²) in [5.74, 6) is 0.183. The van der Waals surface area contributed by atoms with Crippen molar-refractivity contribution in [2.45, 2.75) is 51.6 Å². The van der Waals surface area contributed by atoms with Crippen LogP contribution in [0.15, 0.2) is 0 Å². The molecule has 1 aliphatic carbocycles. The number of ketones is 1. The first-order chi connectivity index (χ1) is 7.62. The summed E-state index contributed by atoms with van der Waals surface area (Å²) in [4.78, 5) is 11.5. The van der Waals surface area contributed by atoms with Gasteiger partial charge >= 0.3 is 7.60 Å². The molecule has 0 spiro atoms. The Morgan fingerprint density at radius 3 is 2.44 bits per heavy atom. The summed E-state index contributed by atoms with van der Waals surface area (Å²) in [5.41, 5.74) is -0.234. The summed E-state index contributed by atoms with van der Waals surface area (Å²) in [7, 11) is -3.08. The largest absolute Gasteiger partial charge is 0.334 e. The van der Waals surface area contributed by atoms with Gasteiger partial charge in [-0.1, -0.05) is 6.42 Å². The lowest BCUT2D eigenvalue weighted by molar-refractivity contribution is -0.118. The molecule has 1 unspecified atom stereocenters. The van der Waals surface area contributed by atoms with Crippen molar-refractivity contribution in [3.8, 4) is 0 Å². The van der Waals surface area contributed by atoms with Gasteiger partial charge < -0.3 is 9.05 Å². The van der Waals surface area contributed by atoms with Crippen LogP contribution in [0.1, 0.15) is 46.0 Å². The molecule has 1 aliphatic rings. The van der Waals surface area contributed by atoms with Crippen LogP contribution in [0.3, 0.4) is 0 Å². The second-order valence-electron chi connectivity index (χ2n) is 4.02. The molecule has 94 valence electrons. The molecule has 0 N–H and O–H groups in total. The molecule has 0 radical (unpaired) electrons. The summed E-state index contributed by atoms with van der Waals surface area (Å²) < 4.78 is 23.1. The molecule has 0 aliphatic heterocycles. The fourth-order valence-corrected chi connectivity index (χ4v) is 4.19. The minimum absolute atomic E-state index is 0.183. The summed E-state index contributed by atoms with van der Waals surface area (Å²) in [6.45, 7) is 4.32. The minimum atomic E-state index is -3.08. The fourth-order valence-electron chi connectivity index (χ4n) is 2.05. The number of carbonyl (C=O) groups is 1. The summed E-state index contributed by atoms with van der Waals surface area (Å²) in [5, 5.41) is 0. The van der Waals surface area contributed by atoms with Crippen molar-refractivity contribution >= 4 is 13.4 Å². The van der Waals surface area contributed by atoms with E-state index in [0.29, 0.717) is 26.1 Å². The Morgan fingerprint density at radius 2 is 1.88 bits per heavy atom. The molecule has 5 heteroatoms. The second kappa shape index (κ2) is 6.53. The van der Waals surface area contributed by atoms with Gasteiger partial charge in [-0.3, -0.25) is 9.36 Å². The van der Waals surface area contributed by atoms with Gasteiger partial charge in [0, 0.05) is 12.8 Å². The maximum Gasteiger partial charge on any atom is 0.334 e. The summed E-state index contributed by atoms with van der Waals surface area (Å²) in [6, 6.07) is 0. The van der Waals surface area contributed by atoms with Crippen LogP contribution in [0.2, 0.25) is 0 Å². The summed E-state index contributed by atoms with van der Waals surface area (Å²) >= 11 is 0. The molecule has 1 atom stereocenters. The molecule has 0 aromatic heterocycles. The molecular weight excluding hydrogens is 227 g/mol. The number of hydrogen-bond acceptors (Lipinski definition) is 4. The highest BCUT2D eigenvalue weighted by atomic mass is 31.2. The van der Waals surface area contributed by atoms with E-state index in [4.69, 9.17) is 9.05 Å². The highest BCUT2D eigenvalue weighted by Gasteiger charge is 2.37. The maximum absolute atomic E-state index is 12.5. The van der Waals surface area contributed by atoms with E-state index >= 15 is 0 Å². The van der Waals surface area contributed by atoms with E-state index in [1.54, 1.807) is 13.8 Å². The van der Waals surface area contributed by atoms with Crippen LogP contribution >= 0.6 is 7.60 Å². The Labute approximate surface area is 97.2 Å². The van der Waals surface area contributed by atoms with Crippen molar-refractivity contribution in [3.05, 3.63) is 0 Å². The van der Waals surface area contributed by atoms with Gasteiger partial charge in [-0.05, 0) is 26.7 Å². The first kappa shape index (κ1) is 13.9. The third-order valence-corrected chi connectivity index (χ3v) is 5.34. The van der Waals surface area contributed by atoms with Crippen molar-refractivity contribution in [1.82, 2.24) is 0 Å². The molecule has 0 amide bonds. The van der Waals surface area contributed by atoms with E-state index in [0.717, 1.165) is 19.3 Å². The van der Waals surface area contributed by atoms with Gasteiger partial charge in [0.2, 0.25) is 0 Å². The van der Waals surface area contributed by atoms with Gasteiger partial charge in [0.1, 0.15) is 5.78 Å². The zero-order valence-electron chi connectivity index (χ0n) is 10.1. The lowest BCUT2D eigenvalue weighted by Crippen LogP contribution is -2.15. The Balaban J connectivity index is 2.75. The predicted molar refractivity (Wildman–Crippen MR) is 62.7 cm³/mol. The molecule has 1 fully saturated rings. The topological polar surface area (TPSA) is 52.6 Å². The number of hydrogen-bond donors (Lipinski definition) is 0. The average molecular weight is 248 g/mol. The third kappa shape index (κ3) is 3.69. The van der Waals surface area contributed by atoms with Crippen molar-refractivity contribution < 1.29 is 18.4 Å². The molecule has 0 bridgehead atoms. The van der Waals surface area contributed by atoms with Crippen LogP contribution in [-0.4, -0.2) is 24.7 Å². The Bertz CT molecular complexity index is 267. The molecule has 0 heterocycles. The number of Topliss-reactive ketones (excluding diaryl/α,β-unsaturated/α-hetero) is 1. The van der Waals surface area contributed by atoms with Gasteiger partial charge in [-0.15, -0.1) is 0 Å². The Kier molecular flexibility index (Phi) is 5.67. The van der Waals surface area contributed by atoms with Crippen molar-refractivity contribution in [1.29, 1.82) is 0 Å². The van der Waals surface area contributed by atoms with Crippen LogP contribution < -0.4 is 0 Å². The van der Waals surface area contributed by atoms with Crippen LogP contribution in [0.25, 0.3) is 0 Å². The smallest absolute Gasteiger partial charge is 0.309 e. The molecule has 0 aromatic rings. The van der Waals surface area contributed by atoms with Crippen LogP contribution in [0, 0.1) is 0 Å². The standard InChI is InChI=1S/C11H21O4P/c1-3-14-16(13,15-4-2)11-8-6-5-7-10(12)9-11/h11H,3-9H2,1-2H3. The van der Waals surface area contributed by atoms with E-state index in [1.807, 2.05) is 0 Å². The van der Waals surface area contributed by atoms with Gasteiger partial charge in [0.15, 0.2) is 0 Å². The van der Waals surface area contributed by atoms with Crippen LogP contribution in [0.5, 0.6) is 0 Å².